The first-order chi connectivity index (χ1) is 13.2. The van der Waals surface area contributed by atoms with Crippen LogP contribution in [0.1, 0.15) is 63.6 Å². The van der Waals surface area contributed by atoms with Crippen LogP contribution in [0, 0.1) is 5.92 Å². The summed E-state index contributed by atoms with van der Waals surface area (Å²) in [6.45, 7) is 15.6. The van der Waals surface area contributed by atoms with Crippen molar-refractivity contribution in [2.45, 2.75) is 90.6 Å². The van der Waals surface area contributed by atoms with Crippen LogP contribution in [0.3, 0.4) is 0 Å². The molecule has 1 aromatic rings. The van der Waals surface area contributed by atoms with Gasteiger partial charge in [0.05, 0.1) is 19.3 Å². The molecule has 1 rings (SSSR count). The summed E-state index contributed by atoms with van der Waals surface area (Å²) in [5.74, 6) is -0.945. The summed E-state index contributed by atoms with van der Waals surface area (Å²) in [6.07, 6.45) is 0.831. The van der Waals surface area contributed by atoms with Crippen LogP contribution in [0.4, 0.5) is 0 Å². The number of rotatable bonds is 11. The molecule has 0 aliphatic carbocycles. The van der Waals surface area contributed by atoms with E-state index in [0.29, 0.717) is 19.4 Å². The summed E-state index contributed by atoms with van der Waals surface area (Å²) < 4.78 is 10.8. The second-order valence-corrected chi connectivity index (χ2v) is 15.7. The zero-order valence-electron chi connectivity index (χ0n) is 19.3. The van der Waals surface area contributed by atoms with E-state index >= 15 is 0 Å². The molecule has 0 saturated carbocycles. The number of aliphatic hydroxyl groups is 1. The highest BCUT2D eigenvalue weighted by Gasteiger charge is 2.37. The van der Waals surface area contributed by atoms with Gasteiger partial charge in [0.2, 0.25) is 0 Å². The van der Waals surface area contributed by atoms with E-state index in [1.54, 1.807) is 11.3 Å². The molecule has 7 heteroatoms. The molecule has 1 N–H and O–H groups in total. The number of ketones is 1. The minimum absolute atomic E-state index is 0.0352. The Bertz CT molecular complexity index is 690. The number of ether oxygens (including phenoxy) is 1. The molecule has 0 spiro atoms. The largest absolute Gasteiger partial charge is 0.469 e. The third-order valence-electron chi connectivity index (χ3n) is 6.05. The number of aryl methyl sites for hydroxylation is 1. The van der Waals surface area contributed by atoms with Crippen molar-refractivity contribution in [1.29, 1.82) is 0 Å². The third kappa shape index (κ3) is 7.96. The maximum Gasteiger partial charge on any atom is 0.313 e. The van der Waals surface area contributed by atoms with E-state index < -0.39 is 19.9 Å². The monoisotopic (exact) mass is 442 g/mol. The smallest absolute Gasteiger partial charge is 0.313 e. The molecule has 0 aliphatic rings. The Hall–Kier alpha value is -1.02. The highest BCUT2D eigenvalue weighted by molar-refractivity contribution is 7.12. The molecule has 1 unspecified atom stereocenters. The standard InChI is InChI=1S/C22H38O5SSi/c1-16(2)22(25,14-17(23)13-20(24)26-6)12-11-18-9-10-19(28-18)15-27-29(7,8)21(3,4)5/h9-10,16,25H,11-15H2,1-8H3. The lowest BCUT2D eigenvalue weighted by atomic mass is 9.81. The summed E-state index contributed by atoms with van der Waals surface area (Å²) in [5, 5.41) is 11.2. The van der Waals surface area contributed by atoms with Crippen molar-refractivity contribution in [2.24, 2.45) is 5.92 Å². The highest BCUT2D eigenvalue weighted by atomic mass is 32.1. The fourth-order valence-electron chi connectivity index (χ4n) is 2.66. The van der Waals surface area contributed by atoms with E-state index in [9.17, 15) is 14.7 Å². The zero-order chi connectivity index (χ0) is 22.5. The van der Waals surface area contributed by atoms with Gasteiger partial charge >= 0.3 is 5.97 Å². The lowest BCUT2D eigenvalue weighted by molar-refractivity contribution is -0.144. The van der Waals surface area contributed by atoms with Gasteiger partial charge in [-0.1, -0.05) is 34.6 Å². The average molecular weight is 443 g/mol. The number of methoxy groups -OCH3 is 1. The molecule has 0 fully saturated rings. The van der Waals surface area contributed by atoms with Crippen LogP contribution in [0.25, 0.3) is 0 Å². The summed E-state index contributed by atoms with van der Waals surface area (Å²) in [6, 6.07) is 4.16. The Balaban J connectivity index is 2.68. The normalized spacial score (nSPS) is 14.7. The van der Waals surface area contributed by atoms with Crippen LogP contribution in [0.5, 0.6) is 0 Å². The molecule has 0 bridgehead atoms. The van der Waals surface area contributed by atoms with Crippen molar-refractivity contribution in [3.8, 4) is 0 Å². The van der Waals surface area contributed by atoms with Crippen molar-refractivity contribution in [2.75, 3.05) is 7.11 Å². The van der Waals surface area contributed by atoms with Gasteiger partial charge < -0.3 is 14.3 Å². The Labute approximate surface area is 180 Å². The molecular formula is C22H38O5SSi. The summed E-state index contributed by atoms with van der Waals surface area (Å²) >= 11 is 1.70. The van der Waals surface area contributed by atoms with Crippen LogP contribution >= 0.6 is 11.3 Å². The van der Waals surface area contributed by atoms with Gasteiger partial charge in [-0.25, -0.2) is 0 Å². The number of carbonyl (C=O) groups is 2. The van der Waals surface area contributed by atoms with Gasteiger partial charge in [0, 0.05) is 16.2 Å². The molecule has 1 aromatic heterocycles. The molecule has 0 saturated heterocycles. The molecule has 1 heterocycles. The molecule has 0 amide bonds. The van der Waals surface area contributed by atoms with Crippen LogP contribution in [-0.2, 0) is 31.8 Å². The minimum atomic E-state index is -1.79. The lowest BCUT2D eigenvalue weighted by Gasteiger charge is -2.36. The lowest BCUT2D eigenvalue weighted by Crippen LogP contribution is -2.40. The number of hydrogen-bond acceptors (Lipinski definition) is 6. The highest BCUT2D eigenvalue weighted by Crippen LogP contribution is 2.37. The predicted octanol–water partition coefficient (Wildman–Crippen LogP) is 5.11. The third-order valence-corrected chi connectivity index (χ3v) is 11.6. The maximum absolute atomic E-state index is 12.1. The van der Waals surface area contributed by atoms with Crippen LogP contribution in [-0.4, -0.2) is 37.9 Å². The topological polar surface area (TPSA) is 72.8 Å². The van der Waals surface area contributed by atoms with Gasteiger partial charge in [-0.05, 0) is 49.0 Å². The molecule has 1 atom stereocenters. The number of carbonyl (C=O) groups excluding carboxylic acids is 2. The van der Waals surface area contributed by atoms with Crippen molar-refractivity contribution in [3.05, 3.63) is 21.9 Å². The first-order valence-electron chi connectivity index (χ1n) is 10.2. The van der Waals surface area contributed by atoms with Gasteiger partial charge in [-0.3, -0.25) is 9.59 Å². The van der Waals surface area contributed by atoms with Gasteiger partial charge in [0.1, 0.15) is 12.2 Å². The average Bonchev–Trinajstić information content (AvgIpc) is 3.05. The number of thiophene rings is 1. The van der Waals surface area contributed by atoms with Gasteiger partial charge in [0.15, 0.2) is 8.32 Å². The van der Waals surface area contributed by atoms with E-state index in [1.807, 2.05) is 13.8 Å². The molecule has 29 heavy (non-hydrogen) atoms. The van der Waals surface area contributed by atoms with Crippen molar-refractivity contribution in [3.63, 3.8) is 0 Å². The summed E-state index contributed by atoms with van der Waals surface area (Å²) in [5.41, 5.74) is -1.13. The van der Waals surface area contributed by atoms with E-state index in [1.165, 1.54) is 16.9 Å². The van der Waals surface area contributed by atoms with Crippen molar-refractivity contribution in [1.82, 2.24) is 0 Å². The Morgan fingerprint density at radius 2 is 1.76 bits per heavy atom. The number of hydrogen-bond donors (Lipinski definition) is 1. The first kappa shape index (κ1) is 26.0. The maximum atomic E-state index is 12.1. The van der Waals surface area contributed by atoms with Crippen molar-refractivity contribution < 1.29 is 23.9 Å². The summed E-state index contributed by atoms with van der Waals surface area (Å²) in [4.78, 5) is 25.8. The van der Waals surface area contributed by atoms with Crippen molar-refractivity contribution >= 4 is 31.4 Å². The first-order valence-corrected chi connectivity index (χ1v) is 13.9. The van der Waals surface area contributed by atoms with Crippen LogP contribution in [0.15, 0.2) is 12.1 Å². The molecular weight excluding hydrogens is 404 g/mol. The molecule has 166 valence electrons. The zero-order valence-corrected chi connectivity index (χ0v) is 21.1. The number of Topliss-reactive ketones (excluding diaryl/α,β-unsaturated/α-hetero) is 1. The number of esters is 1. The molecule has 0 radical (unpaired) electrons. The Morgan fingerprint density at radius 3 is 2.28 bits per heavy atom. The Morgan fingerprint density at radius 1 is 1.17 bits per heavy atom. The van der Waals surface area contributed by atoms with E-state index in [0.717, 1.165) is 0 Å². The van der Waals surface area contributed by atoms with Gasteiger partial charge in [-0.2, -0.15) is 0 Å². The second-order valence-electron chi connectivity index (χ2n) is 9.64. The quantitative estimate of drug-likeness (QED) is 0.293. The van der Waals surface area contributed by atoms with Gasteiger partial charge in [-0.15, -0.1) is 11.3 Å². The van der Waals surface area contributed by atoms with Gasteiger partial charge in [0.25, 0.3) is 0 Å². The SMILES string of the molecule is COC(=O)CC(=O)CC(O)(CCc1ccc(CO[Si](C)(C)C(C)(C)C)s1)C(C)C. The molecule has 5 nitrogen and oxygen atoms in total. The van der Waals surface area contributed by atoms with Crippen LogP contribution < -0.4 is 0 Å². The predicted molar refractivity (Wildman–Crippen MR) is 121 cm³/mol. The van der Waals surface area contributed by atoms with E-state index in [4.69, 9.17) is 4.43 Å². The second kappa shape index (κ2) is 10.3. The summed E-state index contributed by atoms with van der Waals surface area (Å²) in [7, 11) is -0.528. The van der Waals surface area contributed by atoms with E-state index in [-0.39, 0.29) is 29.6 Å². The van der Waals surface area contributed by atoms with Crippen LogP contribution in [0.2, 0.25) is 18.1 Å². The molecule has 0 aliphatic heterocycles. The fourth-order valence-corrected chi connectivity index (χ4v) is 4.65. The van der Waals surface area contributed by atoms with E-state index in [2.05, 4.69) is 50.7 Å². The minimum Gasteiger partial charge on any atom is -0.469 e. The Kier molecular flexibility index (Phi) is 9.27. The fraction of sp³-hybridized carbons (Fsp3) is 0.727. The molecule has 0 aromatic carbocycles.